The number of hydrogen-bond acceptors (Lipinski definition) is 2. The minimum Gasteiger partial charge on any atom is -0.368 e. The first-order valence-corrected chi connectivity index (χ1v) is 8.81. The lowest BCUT2D eigenvalue weighted by molar-refractivity contribution is -0.149. The van der Waals surface area contributed by atoms with Crippen LogP contribution in [0.15, 0.2) is 24.3 Å². The van der Waals surface area contributed by atoms with Crippen molar-refractivity contribution < 1.29 is 4.79 Å². The van der Waals surface area contributed by atoms with Crippen LogP contribution >= 0.6 is 0 Å². The highest BCUT2D eigenvalue weighted by Gasteiger charge is 2.67. The van der Waals surface area contributed by atoms with E-state index in [1.54, 1.807) is 0 Å². The van der Waals surface area contributed by atoms with Gasteiger partial charge in [0.15, 0.2) is 0 Å². The smallest absolute Gasteiger partial charge is 0.244 e. The van der Waals surface area contributed by atoms with Crippen LogP contribution in [0.4, 0.5) is 0 Å². The van der Waals surface area contributed by atoms with E-state index in [-0.39, 0.29) is 11.3 Å². The van der Waals surface area contributed by atoms with Crippen molar-refractivity contribution in [1.82, 2.24) is 9.47 Å². The summed E-state index contributed by atoms with van der Waals surface area (Å²) in [5.41, 5.74) is 9.38. The van der Waals surface area contributed by atoms with Gasteiger partial charge in [0.1, 0.15) is 5.54 Å². The van der Waals surface area contributed by atoms with E-state index in [9.17, 15) is 4.79 Å². The highest BCUT2D eigenvalue weighted by Crippen LogP contribution is 2.61. The van der Waals surface area contributed by atoms with E-state index in [1.165, 1.54) is 28.6 Å². The molecule has 3 aliphatic heterocycles. The quantitative estimate of drug-likeness (QED) is 0.926. The Hall–Kier alpha value is -1.81. The molecule has 4 heterocycles. The molecule has 120 valence electrons. The zero-order valence-electron chi connectivity index (χ0n) is 13.6. The third-order valence-electron chi connectivity index (χ3n) is 6.87. The molecule has 3 aliphatic rings. The second-order valence-electron chi connectivity index (χ2n) is 7.48. The number of benzene rings is 1. The minimum absolute atomic E-state index is 0.0361. The standard InChI is InChI=1S/C19H23N3O/c1-2-18-9-5-10-21-11-8-14-13-6-3-4-7-15(13)22(12-18)16(14)19(18,21)17(20)23/h3-4,6-7H,2,5,8-12H2,1H3,(H2,20,23). The second-order valence-corrected chi connectivity index (χ2v) is 7.48. The first kappa shape index (κ1) is 13.6. The molecule has 0 bridgehead atoms. The van der Waals surface area contributed by atoms with E-state index in [1.807, 2.05) is 0 Å². The number of piperidine rings is 1. The van der Waals surface area contributed by atoms with Gasteiger partial charge in [0.05, 0.1) is 5.69 Å². The summed E-state index contributed by atoms with van der Waals surface area (Å²) in [6.07, 6.45) is 4.29. The molecule has 2 unspecified atom stereocenters. The number of aromatic nitrogens is 1. The average Bonchev–Trinajstić information content (AvgIpc) is 3.05. The molecule has 0 aliphatic carbocycles. The van der Waals surface area contributed by atoms with Crippen molar-refractivity contribution in [2.45, 2.75) is 44.7 Å². The molecule has 1 fully saturated rings. The van der Waals surface area contributed by atoms with Gasteiger partial charge in [-0.15, -0.1) is 0 Å². The Labute approximate surface area is 136 Å². The van der Waals surface area contributed by atoms with Gasteiger partial charge < -0.3 is 10.3 Å². The molecule has 2 aromatic rings. The first-order valence-electron chi connectivity index (χ1n) is 8.81. The van der Waals surface area contributed by atoms with E-state index in [0.29, 0.717) is 0 Å². The van der Waals surface area contributed by atoms with Crippen molar-refractivity contribution in [3.63, 3.8) is 0 Å². The summed E-state index contributed by atoms with van der Waals surface area (Å²) in [4.78, 5) is 15.3. The summed E-state index contributed by atoms with van der Waals surface area (Å²) in [7, 11) is 0. The van der Waals surface area contributed by atoms with Crippen LogP contribution in [-0.2, 0) is 23.3 Å². The Morgan fingerprint density at radius 2 is 2.13 bits per heavy atom. The third kappa shape index (κ3) is 1.28. The summed E-state index contributed by atoms with van der Waals surface area (Å²) in [5, 5.41) is 1.32. The maximum Gasteiger partial charge on any atom is 0.244 e. The van der Waals surface area contributed by atoms with Gasteiger partial charge in [-0.3, -0.25) is 9.69 Å². The summed E-state index contributed by atoms with van der Waals surface area (Å²) in [6, 6.07) is 8.61. The Morgan fingerprint density at radius 1 is 1.30 bits per heavy atom. The number of carbonyl (C=O) groups is 1. The predicted octanol–water partition coefficient (Wildman–Crippen LogP) is 2.38. The van der Waals surface area contributed by atoms with Crippen LogP contribution in [0.1, 0.15) is 37.4 Å². The van der Waals surface area contributed by atoms with Gasteiger partial charge in [-0.05, 0) is 43.9 Å². The van der Waals surface area contributed by atoms with Crippen LogP contribution in [0, 0.1) is 5.41 Å². The van der Waals surface area contributed by atoms with Crippen molar-refractivity contribution >= 4 is 16.8 Å². The molecule has 1 amide bonds. The van der Waals surface area contributed by atoms with Crippen molar-refractivity contribution in [2.24, 2.45) is 11.1 Å². The highest BCUT2D eigenvalue weighted by molar-refractivity contribution is 5.95. The molecule has 1 saturated heterocycles. The number of nitrogens with zero attached hydrogens (tertiary/aromatic N) is 2. The maximum absolute atomic E-state index is 12.9. The first-order chi connectivity index (χ1) is 11.2. The zero-order chi connectivity index (χ0) is 15.8. The number of fused-ring (bicyclic) bond motifs is 3. The summed E-state index contributed by atoms with van der Waals surface area (Å²) >= 11 is 0. The second kappa shape index (κ2) is 4.18. The number of hydrogen-bond donors (Lipinski definition) is 1. The van der Waals surface area contributed by atoms with Crippen LogP contribution in [-0.4, -0.2) is 28.5 Å². The van der Waals surface area contributed by atoms with Gasteiger partial charge in [-0.25, -0.2) is 0 Å². The van der Waals surface area contributed by atoms with Crippen LogP contribution in [0.2, 0.25) is 0 Å². The molecule has 2 N–H and O–H groups in total. The number of nitrogens with two attached hydrogens (primary N) is 1. The van der Waals surface area contributed by atoms with Crippen molar-refractivity contribution in [3.8, 4) is 0 Å². The molecule has 0 radical (unpaired) electrons. The van der Waals surface area contributed by atoms with E-state index in [0.717, 1.165) is 38.9 Å². The average molecular weight is 309 g/mol. The van der Waals surface area contributed by atoms with Crippen molar-refractivity contribution in [1.29, 1.82) is 0 Å². The Balaban J connectivity index is 1.94. The molecule has 4 heteroatoms. The third-order valence-corrected chi connectivity index (χ3v) is 6.87. The molecule has 1 aromatic carbocycles. The molecule has 0 spiro atoms. The van der Waals surface area contributed by atoms with Gasteiger partial charge in [0.25, 0.3) is 0 Å². The Kier molecular flexibility index (Phi) is 2.47. The van der Waals surface area contributed by atoms with Crippen molar-refractivity contribution in [2.75, 3.05) is 13.1 Å². The predicted molar refractivity (Wildman–Crippen MR) is 90.0 cm³/mol. The Morgan fingerprint density at radius 3 is 2.91 bits per heavy atom. The lowest BCUT2D eigenvalue weighted by atomic mass is 9.60. The molecule has 4 nitrogen and oxygen atoms in total. The van der Waals surface area contributed by atoms with E-state index >= 15 is 0 Å². The van der Waals surface area contributed by atoms with E-state index in [4.69, 9.17) is 5.73 Å². The fraction of sp³-hybridized carbons (Fsp3) is 0.526. The Bertz CT molecular complexity index is 838. The van der Waals surface area contributed by atoms with Gasteiger partial charge in [-0.1, -0.05) is 25.1 Å². The number of carbonyl (C=O) groups excluding carboxylic acids is 1. The van der Waals surface area contributed by atoms with Crippen LogP contribution in [0.3, 0.4) is 0 Å². The molecule has 2 atom stereocenters. The summed E-state index contributed by atoms with van der Waals surface area (Å²) < 4.78 is 2.43. The molecular formula is C19H23N3O. The summed E-state index contributed by atoms with van der Waals surface area (Å²) in [6.45, 7) is 5.10. The van der Waals surface area contributed by atoms with Crippen LogP contribution < -0.4 is 5.73 Å². The zero-order valence-corrected chi connectivity index (χ0v) is 13.6. The number of amides is 1. The largest absolute Gasteiger partial charge is 0.368 e. The lowest BCUT2D eigenvalue weighted by Crippen LogP contribution is -2.67. The van der Waals surface area contributed by atoms with Crippen LogP contribution in [0.5, 0.6) is 0 Å². The van der Waals surface area contributed by atoms with Gasteiger partial charge in [0.2, 0.25) is 5.91 Å². The summed E-state index contributed by atoms with van der Waals surface area (Å²) in [5.74, 6) is -0.137. The number of rotatable bonds is 2. The number of primary amides is 1. The van der Waals surface area contributed by atoms with E-state index < -0.39 is 5.54 Å². The van der Waals surface area contributed by atoms with Gasteiger partial charge in [0, 0.05) is 29.4 Å². The molecule has 23 heavy (non-hydrogen) atoms. The van der Waals surface area contributed by atoms with E-state index in [2.05, 4.69) is 40.7 Å². The van der Waals surface area contributed by atoms with Gasteiger partial charge >= 0.3 is 0 Å². The van der Waals surface area contributed by atoms with Crippen LogP contribution in [0.25, 0.3) is 10.9 Å². The normalized spacial score (nSPS) is 32.2. The fourth-order valence-corrected chi connectivity index (χ4v) is 6.00. The molecular weight excluding hydrogens is 286 g/mol. The molecule has 1 aromatic heterocycles. The highest BCUT2D eigenvalue weighted by atomic mass is 16.2. The lowest BCUT2D eigenvalue weighted by Gasteiger charge is -2.55. The fourth-order valence-electron chi connectivity index (χ4n) is 6.00. The SMILES string of the molecule is CCC12CCCN3CCc4c(n(c5ccccc45)C1)C32C(N)=O. The maximum atomic E-state index is 12.9. The van der Waals surface area contributed by atoms with Gasteiger partial charge in [-0.2, -0.15) is 0 Å². The monoisotopic (exact) mass is 309 g/mol. The topological polar surface area (TPSA) is 51.3 Å². The molecule has 0 saturated carbocycles. The minimum atomic E-state index is -0.591. The van der Waals surface area contributed by atoms with Crippen molar-refractivity contribution in [3.05, 3.63) is 35.5 Å². The molecule has 5 rings (SSSR count). The number of para-hydroxylation sites is 1.